The number of rotatable bonds is 4. The summed E-state index contributed by atoms with van der Waals surface area (Å²) in [5.41, 5.74) is 2.21. The fourth-order valence-electron chi connectivity index (χ4n) is 3.08. The molecule has 128 valence electrons. The molecule has 0 saturated heterocycles. The van der Waals surface area contributed by atoms with Crippen molar-refractivity contribution >= 4 is 34.3 Å². The Morgan fingerprint density at radius 1 is 0.923 bits per heavy atom. The predicted molar refractivity (Wildman–Crippen MR) is 96.8 cm³/mol. The van der Waals surface area contributed by atoms with E-state index < -0.39 is 0 Å². The van der Waals surface area contributed by atoms with Gasteiger partial charge in [-0.25, -0.2) is 0 Å². The Balaban J connectivity index is 1.45. The van der Waals surface area contributed by atoms with Gasteiger partial charge in [0.1, 0.15) is 0 Å². The quantitative estimate of drug-likeness (QED) is 0.738. The molecular formula is C20H15N3O3. The number of hydrogen-bond acceptors (Lipinski definition) is 4. The van der Waals surface area contributed by atoms with E-state index in [2.05, 4.69) is 10.3 Å². The Kier molecular flexibility index (Phi) is 3.93. The number of amides is 3. The lowest BCUT2D eigenvalue weighted by atomic mass is 10.1. The summed E-state index contributed by atoms with van der Waals surface area (Å²) < 4.78 is 0. The lowest BCUT2D eigenvalue weighted by molar-refractivity contribution is -0.116. The van der Waals surface area contributed by atoms with Crippen LogP contribution in [0.25, 0.3) is 10.9 Å². The first-order chi connectivity index (χ1) is 12.6. The lowest BCUT2D eigenvalue weighted by Gasteiger charge is -2.14. The summed E-state index contributed by atoms with van der Waals surface area (Å²) in [6, 6.07) is 15.8. The molecular weight excluding hydrogens is 330 g/mol. The highest BCUT2D eigenvalue weighted by Gasteiger charge is 2.34. The number of anilines is 1. The van der Waals surface area contributed by atoms with Crippen molar-refractivity contribution in [2.75, 3.05) is 11.9 Å². The van der Waals surface area contributed by atoms with Crippen LogP contribution in [-0.2, 0) is 4.79 Å². The van der Waals surface area contributed by atoms with E-state index in [0.717, 1.165) is 15.8 Å². The Bertz CT molecular complexity index is 1000. The van der Waals surface area contributed by atoms with Gasteiger partial charge in [0.05, 0.1) is 22.3 Å². The number of nitrogens with zero attached hydrogens (tertiary/aromatic N) is 2. The summed E-state index contributed by atoms with van der Waals surface area (Å²) in [6.45, 7) is 0.0429. The van der Waals surface area contributed by atoms with Gasteiger partial charge in [-0.1, -0.05) is 18.2 Å². The molecule has 1 N–H and O–H groups in total. The van der Waals surface area contributed by atoms with Gasteiger partial charge < -0.3 is 5.32 Å². The van der Waals surface area contributed by atoms with Crippen molar-refractivity contribution in [3.8, 4) is 0 Å². The second kappa shape index (κ2) is 6.40. The molecule has 2 heterocycles. The minimum Gasteiger partial charge on any atom is -0.325 e. The van der Waals surface area contributed by atoms with Crippen LogP contribution in [-0.4, -0.2) is 34.2 Å². The van der Waals surface area contributed by atoms with Crippen LogP contribution in [0.4, 0.5) is 5.69 Å². The van der Waals surface area contributed by atoms with Crippen molar-refractivity contribution in [2.45, 2.75) is 6.42 Å². The van der Waals surface area contributed by atoms with E-state index in [1.807, 2.05) is 18.2 Å². The van der Waals surface area contributed by atoms with Gasteiger partial charge in [-0.05, 0) is 36.4 Å². The highest BCUT2D eigenvalue weighted by molar-refractivity contribution is 6.21. The van der Waals surface area contributed by atoms with Crippen LogP contribution in [0.2, 0.25) is 0 Å². The highest BCUT2D eigenvalue weighted by atomic mass is 16.2. The van der Waals surface area contributed by atoms with Gasteiger partial charge in [0, 0.05) is 24.5 Å². The van der Waals surface area contributed by atoms with Gasteiger partial charge in [0.2, 0.25) is 5.91 Å². The molecule has 0 unspecified atom stereocenters. The summed E-state index contributed by atoms with van der Waals surface area (Å²) in [5.74, 6) is -0.974. The molecule has 0 bridgehead atoms. The summed E-state index contributed by atoms with van der Waals surface area (Å²) in [5, 5.41) is 3.67. The predicted octanol–water partition coefficient (Wildman–Crippen LogP) is 2.86. The van der Waals surface area contributed by atoms with Crippen molar-refractivity contribution in [3.63, 3.8) is 0 Å². The first-order valence-corrected chi connectivity index (χ1v) is 8.24. The second-order valence-corrected chi connectivity index (χ2v) is 5.98. The van der Waals surface area contributed by atoms with Gasteiger partial charge in [-0.15, -0.1) is 0 Å². The minimum absolute atomic E-state index is 0.0299. The van der Waals surface area contributed by atoms with Crippen molar-refractivity contribution in [3.05, 3.63) is 71.9 Å². The molecule has 0 radical (unpaired) electrons. The van der Waals surface area contributed by atoms with Crippen LogP contribution in [0.1, 0.15) is 27.1 Å². The molecule has 3 aromatic rings. The molecule has 3 amide bonds. The third-order valence-electron chi connectivity index (χ3n) is 4.36. The molecule has 1 aliphatic heterocycles. The third kappa shape index (κ3) is 2.71. The molecule has 1 aromatic heterocycles. The van der Waals surface area contributed by atoms with Gasteiger partial charge >= 0.3 is 0 Å². The Morgan fingerprint density at radius 3 is 2.38 bits per heavy atom. The number of carbonyl (C=O) groups is 3. The number of benzene rings is 2. The Hall–Kier alpha value is -3.54. The van der Waals surface area contributed by atoms with Crippen molar-refractivity contribution in [2.24, 2.45) is 0 Å². The minimum atomic E-state index is -0.354. The second-order valence-electron chi connectivity index (χ2n) is 5.98. The van der Waals surface area contributed by atoms with Crippen molar-refractivity contribution in [1.82, 2.24) is 9.88 Å². The van der Waals surface area contributed by atoms with Gasteiger partial charge in [-0.2, -0.15) is 0 Å². The molecule has 6 heteroatoms. The van der Waals surface area contributed by atoms with Crippen LogP contribution in [0.15, 0.2) is 60.8 Å². The van der Waals surface area contributed by atoms with Crippen molar-refractivity contribution < 1.29 is 14.4 Å². The molecule has 2 aromatic carbocycles. The van der Waals surface area contributed by atoms with E-state index in [1.165, 1.54) is 0 Å². The van der Waals surface area contributed by atoms with E-state index >= 15 is 0 Å². The molecule has 26 heavy (non-hydrogen) atoms. The van der Waals surface area contributed by atoms with Crippen LogP contribution in [0.5, 0.6) is 0 Å². The molecule has 0 aliphatic carbocycles. The summed E-state index contributed by atoms with van der Waals surface area (Å²) in [6.07, 6.45) is 1.72. The standard InChI is InChI=1S/C20H15N3O3/c24-18(22-17-9-3-8-16-15(17)7-4-11-21-16)10-12-23-19(25)13-5-1-2-6-14(13)20(23)26/h1-9,11H,10,12H2,(H,22,24). The van der Waals surface area contributed by atoms with Gasteiger partial charge in [-0.3, -0.25) is 24.3 Å². The number of fused-ring (bicyclic) bond motifs is 2. The SMILES string of the molecule is O=C(CCN1C(=O)c2ccccc2C1=O)Nc1cccc2ncccc12. The van der Waals surface area contributed by atoms with Gasteiger partial charge in [0.15, 0.2) is 0 Å². The zero-order chi connectivity index (χ0) is 18.1. The normalized spacial score (nSPS) is 13.2. The van der Waals surface area contributed by atoms with E-state index in [1.54, 1.807) is 42.6 Å². The van der Waals surface area contributed by atoms with Crippen LogP contribution < -0.4 is 5.32 Å². The maximum Gasteiger partial charge on any atom is 0.261 e. The smallest absolute Gasteiger partial charge is 0.261 e. The summed E-state index contributed by atoms with van der Waals surface area (Å²) in [7, 11) is 0. The summed E-state index contributed by atoms with van der Waals surface area (Å²) in [4.78, 5) is 42.3. The molecule has 0 atom stereocenters. The van der Waals surface area contributed by atoms with E-state index in [0.29, 0.717) is 16.8 Å². The highest BCUT2D eigenvalue weighted by Crippen LogP contribution is 2.23. The molecule has 4 rings (SSSR count). The average molecular weight is 345 g/mol. The van der Waals surface area contributed by atoms with E-state index in [9.17, 15) is 14.4 Å². The largest absolute Gasteiger partial charge is 0.325 e. The van der Waals surface area contributed by atoms with E-state index in [4.69, 9.17) is 0 Å². The zero-order valence-electron chi connectivity index (χ0n) is 13.8. The Morgan fingerprint density at radius 2 is 1.65 bits per heavy atom. The maximum absolute atomic E-state index is 12.3. The fourth-order valence-corrected chi connectivity index (χ4v) is 3.08. The average Bonchev–Trinajstić information content (AvgIpc) is 2.91. The lowest BCUT2D eigenvalue weighted by Crippen LogP contribution is -2.32. The maximum atomic E-state index is 12.3. The fraction of sp³-hybridized carbons (Fsp3) is 0.100. The van der Waals surface area contributed by atoms with Crippen molar-refractivity contribution in [1.29, 1.82) is 0 Å². The number of aromatic nitrogens is 1. The monoisotopic (exact) mass is 345 g/mol. The van der Waals surface area contributed by atoms with Crippen LogP contribution in [0.3, 0.4) is 0 Å². The number of nitrogens with one attached hydrogen (secondary N) is 1. The molecule has 6 nitrogen and oxygen atoms in total. The van der Waals surface area contributed by atoms with Crippen LogP contribution in [0, 0.1) is 0 Å². The topological polar surface area (TPSA) is 79.4 Å². The third-order valence-corrected chi connectivity index (χ3v) is 4.36. The Labute approximate surface area is 149 Å². The number of carbonyl (C=O) groups excluding carboxylic acids is 3. The molecule has 0 fully saturated rings. The van der Waals surface area contributed by atoms with E-state index in [-0.39, 0.29) is 30.7 Å². The first-order valence-electron chi connectivity index (χ1n) is 8.24. The summed E-state index contributed by atoms with van der Waals surface area (Å²) >= 11 is 0. The number of pyridine rings is 1. The molecule has 1 aliphatic rings. The van der Waals surface area contributed by atoms with Gasteiger partial charge in [0.25, 0.3) is 11.8 Å². The number of hydrogen-bond donors (Lipinski definition) is 1. The molecule has 0 saturated carbocycles. The van der Waals surface area contributed by atoms with Crippen LogP contribution >= 0.6 is 0 Å². The number of imide groups is 1. The zero-order valence-corrected chi connectivity index (χ0v) is 13.8. The first kappa shape index (κ1) is 16.0. The molecule has 0 spiro atoms.